The lowest BCUT2D eigenvalue weighted by atomic mass is 10.1. The summed E-state index contributed by atoms with van der Waals surface area (Å²) in [5.74, 6) is -0.150. The summed E-state index contributed by atoms with van der Waals surface area (Å²) in [7, 11) is 1.86. The first-order valence-electron chi connectivity index (χ1n) is 6.84. The quantitative estimate of drug-likeness (QED) is 0.865. The second kappa shape index (κ2) is 6.86. The normalized spacial score (nSPS) is 11.1. The van der Waals surface area contributed by atoms with E-state index in [4.69, 9.17) is 0 Å². The van der Waals surface area contributed by atoms with Crippen molar-refractivity contribution in [1.29, 1.82) is 0 Å². The van der Waals surface area contributed by atoms with E-state index in [1.807, 2.05) is 25.2 Å². The Kier molecular flexibility index (Phi) is 5.15. The minimum atomic E-state index is -0.150. The van der Waals surface area contributed by atoms with Crippen molar-refractivity contribution in [3.63, 3.8) is 0 Å². The van der Waals surface area contributed by atoms with Crippen molar-refractivity contribution in [2.24, 2.45) is 0 Å². The second-order valence-corrected chi connectivity index (χ2v) is 6.15. The number of nitrogens with zero attached hydrogens (tertiary/aromatic N) is 1. The van der Waals surface area contributed by atoms with Gasteiger partial charge in [0, 0.05) is 17.5 Å². The van der Waals surface area contributed by atoms with Crippen LogP contribution in [-0.4, -0.2) is 13.1 Å². The summed E-state index contributed by atoms with van der Waals surface area (Å²) >= 11 is 1.71. The Labute approximate surface area is 124 Å². The maximum atomic E-state index is 14.3. The van der Waals surface area contributed by atoms with E-state index in [0.29, 0.717) is 12.2 Å². The number of benzene rings is 1. The average molecular weight is 292 g/mol. The van der Waals surface area contributed by atoms with E-state index in [2.05, 4.69) is 35.5 Å². The van der Waals surface area contributed by atoms with Gasteiger partial charge in [-0.1, -0.05) is 12.1 Å². The molecule has 1 aromatic heterocycles. The molecule has 2 nitrogen and oxygen atoms in total. The monoisotopic (exact) mass is 292 g/mol. The lowest BCUT2D eigenvalue weighted by Gasteiger charge is -2.29. The van der Waals surface area contributed by atoms with Gasteiger partial charge in [0.2, 0.25) is 0 Å². The molecule has 0 aliphatic carbocycles. The number of halogens is 1. The van der Waals surface area contributed by atoms with Crippen LogP contribution in [0.25, 0.3) is 0 Å². The highest BCUT2D eigenvalue weighted by atomic mass is 32.1. The van der Waals surface area contributed by atoms with E-state index < -0.39 is 0 Å². The van der Waals surface area contributed by atoms with Crippen LogP contribution in [0.4, 0.5) is 10.1 Å². The summed E-state index contributed by atoms with van der Waals surface area (Å²) in [5.41, 5.74) is 1.64. The number of hydrogen-bond donors (Lipinski definition) is 1. The van der Waals surface area contributed by atoms with Crippen LogP contribution < -0.4 is 10.2 Å². The van der Waals surface area contributed by atoms with Gasteiger partial charge in [-0.25, -0.2) is 4.39 Å². The van der Waals surface area contributed by atoms with Crippen molar-refractivity contribution >= 4 is 17.0 Å². The molecule has 1 aromatic carbocycles. The Morgan fingerprint density at radius 3 is 2.65 bits per heavy atom. The maximum absolute atomic E-state index is 14.3. The highest BCUT2D eigenvalue weighted by Crippen LogP contribution is 2.25. The van der Waals surface area contributed by atoms with E-state index >= 15 is 0 Å². The molecule has 0 spiro atoms. The summed E-state index contributed by atoms with van der Waals surface area (Å²) in [6, 6.07) is 9.86. The molecule has 0 aliphatic heterocycles. The molecule has 0 atom stereocenters. The zero-order valence-corrected chi connectivity index (χ0v) is 13.0. The fraction of sp³-hybridized carbons (Fsp3) is 0.375. The van der Waals surface area contributed by atoms with Gasteiger partial charge >= 0.3 is 0 Å². The predicted octanol–water partition coefficient (Wildman–Crippen LogP) is 4.02. The number of hydrogen-bond acceptors (Lipinski definition) is 3. The highest BCUT2D eigenvalue weighted by Gasteiger charge is 2.16. The third kappa shape index (κ3) is 3.58. The van der Waals surface area contributed by atoms with Gasteiger partial charge in [0.15, 0.2) is 0 Å². The molecule has 0 radical (unpaired) electrons. The summed E-state index contributed by atoms with van der Waals surface area (Å²) in [6.45, 7) is 5.62. The maximum Gasteiger partial charge on any atom is 0.146 e. The Morgan fingerprint density at radius 2 is 2.10 bits per heavy atom. The topological polar surface area (TPSA) is 15.3 Å². The fourth-order valence-electron chi connectivity index (χ4n) is 2.21. The smallest absolute Gasteiger partial charge is 0.146 e. The Hall–Kier alpha value is -1.39. The molecule has 0 unspecified atom stereocenters. The van der Waals surface area contributed by atoms with Gasteiger partial charge in [-0.05, 0) is 50.0 Å². The van der Waals surface area contributed by atoms with E-state index in [-0.39, 0.29) is 11.9 Å². The van der Waals surface area contributed by atoms with E-state index in [1.165, 1.54) is 4.88 Å². The molecule has 20 heavy (non-hydrogen) atoms. The van der Waals surface area contributed by atoms with Crippen molar-refractivity contribution < 1.29 is 4.39 Å². The molecule has 0 amide bonds. The van der Waals surface area contributed by atoms with Gasteiger partial charge in [-0.15, -0.1) is 11.3 Å². The molecular weight excluding hydrogens is 271 g/mol. The third-order valence-electron chi connectivity index (χ3n) is 3.23. The van der Waals surface area contributed by atoms with Crippen LogP contribution in [0.1, 0.15) is 24.3 Å². The van der Waals surface area contributed by atoms with Gasteiger partial charge in [-0.2, -0.15) is 0 Å². The lowest BCUT2D eigenvalue weighted by Crippen LogP contribution is -2.30. The molecule has 2 rings (SSSR count). The first-order chi connectivity index (χ1) is 9.61. The van der Waals surface area contributed by atoms with E-state index in [1.54, 1.807) is 17.4 Å². The van der Waals surface area contributed by atoms with Crippen LogP contribution in [0.5, 0.6) is 0 Å². The van der Waals surface area contributed by atoms with Gasteiger partial charge in [0.05, 0.1) is 12.2 Å². The number of thiophene rings is 1. The summed E-state index contributed by atoms with van der Waals surface area (Å²) in [5, 5.41) is 5.10. The summed E-state index contributed by atoms with van der Waals surface area (Å²) < 4.78 is 14.3. The molecule has 0 aliphatic rings. The molecule has 0 fully saturated rings. The van der Waals surface area contributed by atoms with E-state index in [0.717, 1.165) is 12.1 Å². The Bertz CT molecular complexity index is 537. The molecule has 108 valence electrons. The summed E-state index contributed by atoms with van der Waals surface area (Å²) in [4.78, 5) is 3.35. The van der Waals surface area contributed by atoms with Crippen molar-refractivity contribution in [2.75, 3.05) is 11.9 Å². The van der Waals surface area contributed by atoms with Gasteiger partial charge in [-0.3, -0.25) is 0 Å². The largest absolute Gasteiger partial charge is 0.362 e. The standard InChI is InChI=1S/C16H21FN2S/c1-12(2)19(11-14-5-4-8-20-14)16-7-6-13(10-18-3)9-15(16)17/h4-9,12,18H,10-11H2,1-3H3. The van der Waals surface area contributed by atoms with Gasteiger partial charge < -0.3 is 10.2 Å². The number of rotatable bonds is 6. The van der Waals surface area contributed by atoms with Crippen LogP contribution in [-0.2, 0) is 13.1 Å². The van der Waals surface area contributed by atoms with Crippen molar-refractivity contribution in [1.82, 2.24) is 5.32 Å². The molecule has 1 heterocycles. The number of nitrogens with one attached hydrogen (secondary N) is 1. The van der Waals surface area contributed by atoms with E-state index in [9.17, 15) is 4.39 Å². The molecule has 0 saturated carbocycles. The molecule has 4 heteroatoms. The number of anilines is 1. The Morgan fingerprint density at radius 1 is 1.30 bits per heavy atom. The van der Waals surface area contributed by atoms with Gasteiger partial charge in [0.1, 0.15) is 5.82 Å². The minimum absolute atomic E-state index is 0.150. The molecule has 1 N–H and O–H groups in total. The highest BCUT2D eigenvalue weighted by molar-refractivity contribution is 7.09. The van der Waals surface area contributed by atoms with Crippen LogP contribution in [0, 0.1) is 5.82 Å². The first kappa shape index (κ1) is 15.0. The van der Waals surface area contributed by atoms with Gasteiger partial charge in [0.25, 0.3) is 0 Å². The van der Waals surface area contributed by atoms with Crippen molar-refractivity contribution in [3.8, 4) is 0 Å². The van der Waals surface area contributed by atoms with Crippen LogP contribution in [0.15, 0.2) is 35.7 Å². The van der Waals surface area contributed by atoms with Crippen molar-refractivity contribution in [3.05, 3.63) is 52.0 Å². The molecule has 0 saturated heterocycles. The molecule has 2 aromatic rings. The van der Waals surface area contributed by atoms with Crippen LogP contribution in [0.2, 0.25) is 0 Å². The fourth-order valence-corrected chi connectivity index (χ4v) is 2.92. The van der Waals surface area contributed by atoms with Crippen molar-refractivity contribution in [2.45, 2.75) is 33.0 Å². The van der Waals surface area contributed by atoms with Crippen LogP contribution in [0.3, 0.4) is 0 Å². The summed E-state index contributed by atoms with van der Waals surface area (Å²) in [6.07, 6.45) is 0. The predicted molar refractivity (Wildman–Crippen MR) is 84.8 cm³/mol. The SMILES string of the molecule is CNCc1ccc(N(Cc2cccs2)C(C)C)c(F)c1. The lowest BCUT2D eigenvalue weighted by molar-refractivity contribution is 0.597. The molecular formula is C16H21FN2S. The average Bonchev–Trinajstić information content (AvgIpc) is 2.90. The zero-order chi connectivity index (χ0) is 14.5. The zero-order valence-electron chi connectivity index (χ0n) is 12.2. The third-order valence-corrected chi connectivity index (χ3v) is 4.09. The molecule has 0 bridgehead atoms. The first-order valence-corrected chi connectivity index (χ1v) is 7.72. The Balaban J connectivity index is 2.25. The van der Waals surface area contributed by atoms with Crippen LogP contribution >= 0.6 is 11.3 Å². The minimum Gasteiger partial charge on any atom is -0.362 e. The second-order valence-electron chi connectivity index (χ2n) is 5.12.